The van der Waals surface area contributed by atoms with E-state index in [0.29, 0.717) is 23.4 Å². The third-order valence-corrected chi connectivity index (χ3v) is 3.60. The number of halogens is 1. The highest BCUT2D eigenvalue weighted by Crippen LogP contribution is 2.25. The summed E-state index contributed by atoms with van der Waals surface area (Å²) in [4.78, 5) is 8.16. The van der Waals surface area contributed by atoms with Crippen molar-refractivity contribution in [1.82, 2.24) is 19.6 Å². The molecular weight excluding hydrogens is 268 g/mol. The molecule has 0 amide bonds. The Morgan fingerprint density at radius 2 is 2.42 bits per heavy atom. The van der Waals surface area contributed by atoms with Crippen LogP contribution in [0.15, 0.2) is 6.33 Å². The molecule has 1 fully saturated rings. The van der Waals surface area contributed by atoms with Crippen LogP contribution in [0.25, 0.3) is 5.78 Å². The van der Waals surface area contributed by atoms with Crippen molar-refractivity contribution < 1.29 is 9.47 Å². The fourth-order valence-corrected chi connectivity index (χ4v) is 2.31. The summed E-state index contributed by atoms with van der Waals surface area (Å²) in [6.07, 6.45) is 4.91. The number of ether oxygens (including phenoxy) is 2. The highest BCUT2D eigenvalue weighted by molar-refractivity contribution is 6.30. The third-order valence-electron chi connectivity index (χ3n) is 3.23. The second-order valence-electron chi connectivity index (χ2n) is 4.60. The molecule has 7 heteroatoms. The van der Waals surface area contributed by atoms with Crippen LogP contribution in [0.1, 0.15) is 24.8 Å². The minimum absolute atomic E-state index is 0.138. The van der Waals surface area contributed by atoms with E-state index < -0.39 is 0 Å². The van der Waals surface area contributed by atoms with Crippen molar-refractivity contribution in [2.24, 2.45) is 0 Å². The Bertz CT molecular complexity index is 580. The molecule has 19 heavy (non-hydrogen) atoms. The summed E-state index contributed by atoms with van der Waals surface area (Å²) >= 11 is 6.07. The Morgan fingerprint density at radius 1 is 1.53 bits per heavy atom. The maximum Gasteiger partial charge on any atom is 0.256 e. The average Bonchev–Trinajstić information content (AvgIpc) is 2.88. The molecule has 2 aromatic heterocycles. The number of nitrogens with zero attached hydrogens (tertiary/aromatic N) is 4. The summed E-state index contributed by atoms with van der Waals surface area (Å²) < 4.78 is 13.0. The van der Waals surface area contributed by atoms with Crippen molar-refractivity contribution >= 4 is 17.4 Å². The molecule has 2 aromatic rings. The molecule has 102 valence electrons. The van der Waals surface area contributed by atoms with Gasteiger partial charge in [-0.3, -0.25) is 0 Å². The highest BCUT2D eigenvalue weighted by Gasteiger charge is 2.18. The first-order valence-electron chi connectivity index (χ1n) is 6.36. The van der Waals surface area contributed by atoms with Crippen LogP contribution in [-0.4, -0.2) is 38.9 Å². The van der Waals surface area contributed by atoms with E-state index >= 15 is 0 Å². The first-order valence-corrected chi connectivity index (χ1v) is 6.74. The van der Waals surface area contributed by atoms with Gasteiger partial charge < -0.3 is 9.47 Å². The smallest absolute Gasteiger partial charge is 0.256 e. The monoisotopic (exact) mass is 282 g/mol. The van der Waals surface area contributed by atoms with E-state index in [1.54, 1.807) is 4.52 Å². The van der Waals surface area contributed by atoms with E-state index in [4.69, 9.17) is 21.1 Å². The third kappa shape index (κ3) is 2.50. The standard InChI is InChI=1S/C12H15ClN4O2/c1-8-10(13)16-12-14-7-15-17(12)11(8)19-6-9-4-2-3-5-18-9/h7,9H,2-6H2,1H3. The Kier molecular flexibility index (Phi) is 3.52. The van der Waals surface area contributed by atoms with E-state index in [-0.39, 0.29) is 6.10 Å². The van der Waals surface area contributed by atoms with Crippen LogP contribution in [0.2, 0.25) is 5.15 Å². The molecule has 1 aliphatic rings. The molecule has 6 nitrogen and oxygen atoms in total. The minimum atomic E-state index is 0.138. The fourth-order valence-electron chi connectivity index (χ4n) is 2.15. The van der Waals surface area contributed by atoms with Crippen molar-refractivity contribution in [1.29, 1.82) is 0 Å². The topological polar surface area (TPSA) is 61.5 Å². The Balaban J connectivity index is 1.82. The zero-order valence-corrected chi connectivity index (χ0v) is 11.4. The van der Waals surface area contributed by atoms with Crippen LogP contribution >= 0.6 is 11.6 Å². The first-order chi connectivity index (χ1) is 9.25. The van der Waals surface area contributed by atoms with E-state index in [1.807, 2.05) is 6.92 Å². The molecule has 1 unspecified atom stereocenters. The number of rotatable bonds is 3. The SMILES string of the molecule is Cc1c(Cl)nc2ncnn2c1OCC1CCCCO1. The molecule has 0 radical (unpaired) electrons. The lowest BCUT2D eigenvalue weighted by Gasteiger charge is -2.23. The second-order valence-corrected chi connectivity index (χ2v) is 4.96. The molecule has 1 atom stereocenters. The van der Waals surface area contributed by atoms with Gasteiger partial charge in [-0.1, -0.05) is 11.6 Å². The molecule has 0 aromatic carbocycles. The Hall–Kier alpha value is -1.40. The van der Waals surface area contributed by atoms with Crippen LogP contribution in [0.3, 0.4) is 0 Å². The van der Waals surface area contributed by atoms with Gasteiger partial charge in [0.05, 0.1) is 6.10 Å². The lowest BCUT2D eigenvalue weighted by Crippen LogP contribution is -2.26. The molecule has 0 bridgehead atoms. The zero-order chi connectivity index (χ0) is 13.2. The Labute approximate surface area is 115 Å². The average molecular weight is 283 g/mol. The van der Waals surface area contributed by atoms with Gasteiger partial charge in [-0.15, -0.1) is 0 Å². The van der Waals surface area contributed by atoms with Gasteiger partial charge in [0, 0.05) is 12.2 Å². The predicted octanol–water partition coefficient (Wildman–Crippen LogP) is 2.03. The molecule has 0 spiro atoms. The van der Waals surface area contributed by atoms with Gasteiger partial charge in [-0.2, -0.15) is 19.6 Å². The van der Waals surface area contributed by atoms with Gasteiger partial charge in [0.15, 0.2) is 0 Å². The summed E-state index contributed by atoms with van der Waals surface area (Å²) in [6, 6.07) is 0. The lowest BCUT2D eigenvalue weighted by atomic mass is 10.1. The van der Waals surface area contributed by atoms with Crippen LogP contribution < -0.4 is 4.74 Å². The Morgan fingerprint density at radius 3 is 3.21 bits per heavy atom. The van der Waals surface area contributed by atoms with Crippen molar-refractivity contribution in [2.75, 3.05) is 13.2 Å². The number of aromatic nitrogens is 4. The molecular formula is C12H15ClN4O2. The highest BCUT2D eigenvalue weighted by atomic mass is 35.5. The van der Waals surface area contributed by atoms with Crippen LogP contribution in [0, 0.1) is 6.92 Å². The molecule has 3 heterocycles. The van der Waals surface area contributed by atoms with Crippen molar-refractivity contribution in [3.63, 3.8) is 0 Å². The van der Waals surface area contributed by atoms with E-state index in [9.17, 15) is 0 Å². The van der Waals surface area contributed by atoms with Gasteiger partial charge in [0.25, 0.3) is 5.78 Å². The number of hydrogen-bond donors (Lipinski definition) is 0. The van der Waals surface area contributed by atoms with Crippen LogP contribution in [0.5, 0.6) is 5.88 Å². The second kappa shape index (κ2) is 5.30. The van der Waals surface area contributed by atoms with Crippen LogP contribution in [0.4, 0.5) is 0 Å². The summed E-state index contributed by atoms with van der Waals surface area (Å²) in [5, 5.41) is 4.49. The fraction of sp³-hybridized carbons (Fsp3) is 0.583. The van der Waals surface area contributed by atoms with Gasteiger partial charge >= 0.3 is 0 Å². The summed E-state index contributed by atoms with van der Waals surface area (Å²) in [5.41, 5.74) is 0.760. The van der Waals surface area contributed by atoms with E-state index in [1.165, 1.54) is 12.7 Å². The molecule has 1 aliphatic heterocycles. The van der Waals surface area contributed by atoms with Crippen molar-refractivity contribution in [2.45, 2.75) is 32.3 Å². The largest absolute Gasteiger partial charge is 0.475 e. The first kappa shape index (κ1) is 12.6. The zero-order valence-electron chi connectivity index (χ0n) is 10.7. The van der Waals surface area contributed by atoms with Gasteiger partial charge in [0.1, 0.15) is 18.1 Å². The lowest BCUT2D eigenvalue weighted by molar-refractivity contribution is -0.0125. The quantitative estimate of drug-likeness (QED) is 0.806. The van der Waals surface area contributed by atoms with Crippen molar-refractivity contribution in [3.05, 3.63) is 17.0 Å². The molecule has 0 saturated carbocycles. The summed E-state index contributed by atoms with van der Waals surface area (Å²) in [7, 11) is 0. The molecule has 3 rings (SSSR count). The van der Waals surface area contributed by atoms with E-state index in [0.717, 1.165) is 25.0 Å². The maximum absolute atomic E-state index is 6.07. The predicted molar refractivity (Wildman–Crippen MR) is 69.6 cm³/mol. The maximum atomic E-state index is 6.07. The van der Waals surface area contributed by atoms with Crippen molar-refractivity contribution in [3.8, 4) is 5.88 Å². The number of hydrogen-bond acceptors (Lipinski definition) is 5. The molecule has 0 aliphatic carbocycles. The van der Waals surface area contributed by atoms with Crippen LogP contribution in [-0.2, 0) is 4.74 Å². The van der Waals surface area contributed by atoms with Gasteiger partial charge in [-0.25, -0.2) is 0 Å². The summed E-state index contributed by atoms with van der Waals surface area (Å²) in [6.45, 7) is 3.16. The van der Waals surface area contributed by atoms with Gasteiger partial charge in [0.2, 0.25) is 5.88 Å². The summed E-state index contributed by atoms with van der Waals surface area (Å²) in [5.74, 6) is 1.02. The van der Waals surface area contributed by atoms with E-state index in [2.05, 4.69) is 15.1 Å². The van der Waals surface area contributed by atoms with Gasteiger partial charge in [-0.05, 0) is 26.2 Å². The normalized spacial score (nSPS) is 19.8. The number of fused-ring (bicyclic) bond motifs is 1. The molecule has 1 saturated heterocycles. The minimum Gasteiger partial charge on any atom is -0.475 e. The molecule has 0 N–H and O–H groups in total.